The molecule has 128 valence electrons. The third-order valence-corrected chi connectivity index (χ3v) is 4.25. The number of carbonyl (C=O) groups is 1. The zero-order valence-corrected chi connectivity index (χ0v) is 13.4. The Bertz CT molecular complexity index is 701. The summed E-state index contributed by atoms with van der Waals surface area (Å²) in [5, 5.41) is 14.0. The van der Waals surface area contributed by atoms with Gasteiger partial charge in [-0.15, -0.1) is 0 Å². The summed E-state index contributed by atoms with van der Waals surface area (Å²) in [7, 11) is 1.81. The van der Waals surface area contributed by atoms with Gasteiger partial charge in [-0.05, 0) is 30.2 Å². The van der Waals surface area contributed by atoms with Crippen LogP contribution in [0.2, 0.25) is 0 Å². The number of likely N-dealkylation sites (tertiary alicyclic amines) is 1. The molecule has 0 bridgehead atoms. The molecule has 1 amide bonds. The van der Waals surface area contributed by atoms with Crippen molar-refractivity contribution in [1.82, 2.24) is 14.7 Å². The van der Waals surface area contributed by atoms with Gasteiger partial charge in [0.2, 0.25) is 5.91 Å². The zero-order chi connectivity index (χ0) is 17.1. The van der Waals surface area contributed by atoms with E-state index in [4.69, 9.17) is 4.74 Å². The van der Waals surface area contributed by atoms with E-state index >= 15 is 0 Å². The van der Waals surface area contributed by atoms with Gasteiger partial charge in [0.1, 0.15) is 12.4 Å². The Morgan fingerprint density at radius 1 is 1.38 bits per heavy atom. The molecule has 6 nitrogen and oxygen atoms in total. The number of rotatable bonds is 5. The van der Waals surface area contributed by atoms with Crippen LogP contribution in [-0.2, 0) is 23.2 Å². The van der Waals surface area contributed by atoms with Crippen molar-refractivity contribution in [3.63, 3.8) is 0 Å². The largest absolute Gasteiger partial charge is 0.391 e. The molecular weight excluding hydrogens is 313 g/mol. The van der Waals surface area contributed by atoms with Crippen molar-refractivity contribution in [2.24, 2.45) is 7.05 Å². The smallest absolute Gasteiger partial charge is 0.249 e. The normalized spacial score (nSPS) is 20.5. The van der Waals surface area contributed by atoms with Crippen LogP contribution in [-0.4, -0.2) is 44.9 Å². The third kappa shape index (κ3) is 3.63. The number of benzene rings is 1. The molecule has 7 heteroatoms. The van der Waals surface area contributed by atoms with Crippen molar-refractivity contribution in [2.45, 2.75) is 25.2 Å². The molecule has 0 unspecified atom stereocenters. The Morgan fingerprint density at radius 3 is 2.79 bits per heavy atom. The average Bonchev–Trinajstić information content (AvgIpc) is 3.14. The first-order valence-corrected chi connectivity index (χ1v) is 7.82. The highest BCUT2D eigenvalue weighted by Gasteiger charge is 2.35. The fourth-order valence-electron chi connectivity index (χ4n) is 2.96. The number of halogens is 1. The molecule has 1 N–H and O–H groups in total. The number of carbonyl (C=O) groups excluding carboxylic acids is 1. The number of hydrogen-bond donors (Lipinski definition) is 1. The quantitative estimate of drug-likeness (QED) is 0.898. The lowest BCUT2D eigenvalue weighted by atomic mass is 10.0. The molecule has 3 rings (SSSR count). The average molecular weight is 333 g/mol. The van der Waals surface area contributed by atoms with Gasteiger partial charge in [0.05, 0.1) is 24.4 Å². The summed E-state index contributed by atoms with van der Waals surface area (Å²) in [6, 6.07) is 7.59. The van der Waals surface area contributed by atoms with Gasteiger partial charge in [-0.2, -0.15) is 5.10 Å². The van der Waals surface area contributed by atoms with Crippen molar-refractivity contribution >= 4 is 5.91 Å². The van der Waals surface area contributed by atoms with Crippen LogP contribution in [0.3, 0.4) is 0 Å². The summed E-state index contributed by atoms with van der Waals surface area (Å²) < 4.78 is 20.2. The highest BCUT2D eigenvalue weighted by Crippen LogP contribution is 2.32. The Labute approximate surface area is 139 Å². The molecule has 0 saturated carbocycles. The predicted molar refractivity (Wildman–Crippen MR) is 84.3 cm³/mol. The molecule has 24 heavy (non-hydrogen) atoms. The van der Waals surface area contributed by atoms with Crippen LogP contribution < -0.4 is 0 Å². The Hall–Kier alpha value is -2.25. The van der Waals surface area contributed by atoms with Gasteiger partial charge in [0, 0.05) is 19.8 Å². The molecule has 0 radical (unpaired) electrons. The minimum absolute atomic E-state index is 0.0738. The van der Waals surface area contributed by atoms with Crippen molar-refractivity contribution in [3.05, 3.63) is 53.6 Å². The van der Waals surface area contributed by atoms with Crippen LogP contribution >= 0.6 is 0 Å². The second-order valence-electron chi connectivity index (χ2n) is 5.94. The summed E-state index contributed by atoms with van der Waals surface area (Å²) in [5.74, 6) is -0.516. The monoisotopic (exact) mass is 333 g/mol. The van der Waals surface area contributed by atoms with Crippen molar-refractivity contribution in [1.29, 1.82) is 0 Å². The van der Waals surface area contributed by atoms with E-state index in [2.05, 4.69) is 5.10 Å². The van der Waals surface area contributed by atoms with E-state index in [1.807, 2.05) is 13.1 Å². The highest BCUT2D eigenvalue weighted by atomic mass is 19.1. The van der Waals surface area contributed by atoms with Gasteiger partial charge in [-0.1, -0.05) is 12.1 Å². The molecule has 1 aliphatic heterocycles. The summed E-state index contributed by atoms with van der Waals surface area (Å²) in [5.41, 5.74) is 1.69. The van der Waals surface area contributed by atoms with Crippen LogP contribution in [0, 0.1) is 5.82 Å². The number of ether oxygens (including phenoxy) is 1. The molecule has 1 fully saturated rings. The van der Waals surface area contributed by atoms with E-state index in [0.29, 0.717) is 13.0 Å². The van der Waals surface area contributed by atoms with E-state index in [1.54, 1.807) is 27.9 Å². The molecule has 1 aromatic heterocycles. The molecular formula is C17H20FN3O3. The van der Waals surface area contributed by atoms with E-state index in [1.165, 1.54) is 12.1 Å². The summed E-state index contributed by atoms with van der Waals surface area (Å²) in [6.07, 6.45) is 1.53. The molecule has 0 aliphatic carbocycles. The van der Waals surface area contributed by atoms with Gasteiger partial charge in [0.25, 0.3) is 0 Å². The second-order valence-corrected chi connectivity index (χ2v) is 5.94. The summed E-state index contributed by atoms with van der Waals surface area (Å²) in [4.78, 5) is 14.0. The van der Waals surface area contributed by atoms with Crippen molar-refractivity contribution < 1.29 is 19.0 Å². The van der Waals surface area contributed by atoms with Crippen LogP contribution in [0.4, 0.5) is 4.39 Å². The maximum absolute atomic E-state index is 13.1. The lowest BCUT2D eigenvalue weighted by Gasteiger charge is -2.24. The minimum Gasteiger partial charge on any atom is -0.391 e. The molecule has 2 atom stereocenters. The van der Waals surface area contributed by atoms with Crippen LogP contribution in [0.1, 0.15) is 23.7 Å². The fourth-order valence-corrected chi connectivity index (χ4v) is 2.96. The van der Waals surface area contributed by atoms with Gasteiger partial charge >= 0.3 is 0 Å². The lowest BCUT2D eigenvalue weighted by molar-refractivity contribution is -0.137. The number of amides is 1. The Kier molecular flexibility index (Phi) is 4.92. The Balaban J connectivity index is 1.61. The molecule has 1 aromatic carbocycles. The van der Waals surface area contributed by atoms with Gasteiger partial charge in [-0.25, -0.2) is 4.39 Å². The van der Waals surface area contributed by atoms with Crippen LogP contribution in [0.5, 0.6) is 0 Å². The molecule has 2 aromatic rings. The second kappa shape index (κ2) is 7.11. The van der Waals surface area contributed by atoms with E-state index in [-0.39, 0.29) is 30.9 Å². The predicted octanol–water partition coefficient (Wildman–Crippen LogP) is 1.41. The first-order valence-electron chi connectivity index (χ1n) is 7.82. The molecule has 1 saturated heterocycles. The maximum atomic E-state index is 13.1. The lowest BCUT2D eigenvalue weighted by Crippen LogP contribution is -2.34. The standard InChI is InChI=1S/C17H20FN3O3/c1-20-14(6-7-19-20)10-24-11-17(23)21-9-15(22)8-16(21)12-2-4-13(18)5-3-12/h2-7,15-16,22H,8-11H2,1H3/t15-,16-/m0/s1. The van der Waals surface area contributed by atoms with Gasteiger partial charge in [-0.3, -0.25) is 9.48 Å². The topological polar surface area (TPSA) is 67.6 Å². The number of aryl methyl sites for hydroxylation is 1. The third-order valence-electron chi connectivity index (χ3n) is 4.25. The number of aromatic nitrogens is 2. The molecule has 0 spiro atoms. The minimum atomic E-state index is -0.582. The zero-order valence-electron chi connectivity index (χ0n) is 13.4. The Morgan fingerprint density at radius 2 is 2.12 bits per heavy atom. The van der Waals surface area contributed by atoms with E-state index < -0.39 is 6.10 Å². The van der Waals surface area contributed by atoms with E-state index in [0.717, 1.165) is 11.3 Å². The molecule has 1 aliphatic rings. The van der Waals surface area contributed by atoms with Gasteiger partial charge in [0.15, 0.2) is 0 Å². The first-order chi connectivity index (χ1) is 11.5. The number of hydrogen-bond acceptors (Lipinski definition) is 4. The number of β-amino-alcohol motifs (C(OH)–C–C–N with tert-alkyl or cyclic N) is 1. The van der Waals surface area contributed by atoms with Gasteiger partial charge < -0.3 is 14.7 Å². The van der Waals surface area contributed by atoms with Crippen LogP contribution in [0.25, 0.3) is 0 Å². The number of nitrogens with zero attached hydrogens (tertiary/aromatic N) is 3. The fraction of sp³-hybridized carbons (Fsp3) is 0.412. The van der Waals surface area contributed by atoms with Crippen LogP contribution in [0.15, 0.2) is 36.5 Å². The van der Waals surface area contributed by atoms with E-state index in [9.17, 15) is 14.3 Å². The van der Waals surface area contributed by atoms with Crippen molar-refractivity contribution in [2.75, 3.05) is 13.2 Å². The number of aliphatic hydroxyl groups excluding tert-OH is 1. The number of aliphatic hydroxyl groups is 1. The maximum Gasteiger partial charge on any atom is 0.249 e. The summed E-state index contributed by atoms with van der Waals surface area (Å²) in [6.45, 7) is 0.478. The highest BCUT2D eigenvalue weighted by molar-refractivity contribution is 5.78. The van der Waals surface area contributed by atoms with Crippen molar-refractivity contribution in [3.8, 4) is 0 Å². The first kappa shape index (κ1) is 16.6. The summed E-state index contributed by atoms with van der Waals surface area (Å²) >= 11 is 0. The molecule has 2 heterocycles. The SMILES string of the molecule is Cn1nccc1COCC(=O)N1C[C@@H](O)C[C@H]1c1ccc(F)cc1.